The van der Waals surface area contributed by atoms with Crippen LogP contribution in [0.15, 0.2) is 24.3 Å². The van der Waals surface area contributed by atoms with Crippen LogP contribution in [0.3, 0.4) is 0 Å². The maximum absolute atomic E-state index is 11.8. The van der Waals surface area contributed by atoms with Crippen molar-refractivity contribution in [2.24, 2.45) is 5.73 Å². The van der Waals surface area contributed by atoms with Gasteiger partial charge < -0.3 is 21.5 Å². The van der Waals surface area contributed by atoms with E-state index in [1.54, 1.807) is 13.0 Å². The molecule has 1 rings (SSSR count). The largest absolute Gasteiger partial charge is 0.396 e. The first kappa shape index (κ1) is 15.0. The molecule has 0 radical (unpaired) electrons. The monoisotopic (exact) mass is 265 g/mol. The zero-order valence-electron chi connectivity index (χ0n) is 10.8. The molecule has 19 heavy (non-hydrogen) atoms. The molecule has 0 aliphatic heterocycles. The first-order valence-corrected chi connectivity index (χ1v) is 6.09. The molecule has 0 aliphatic rings. The number of aliphatic hydroxyl groups excluding tert-OH is 1. The van der Waals surface area contributed by atoms with Gasteiger partial charge in [0.2, 0.25) is 5.91 Å². The fourth-order valence-electron chi connectivity index (χ4n) is 1.62. The Hall–Kier alpha value is -2.08. The van der Waals surface area contributed by atoms with E-state index in [0.29, 0.717) is 12.1 Å². The third-order valence-electron chi connectivity index (χ3n) is 2.57. The van der Waals surface area contributed by atoms with E-state index in [-0.39, 0.29) is 12.5 Å². The second-order valence-electron chi connectivity index (χ2n) is 4.25. The lowest BCUT2D eigenvalue weighted by Gasteiger charge is -2.13. The Morgan fingerprint density at radius 1 is 1.42 bits per heavy atom. The average Bonchev–Trinajstić information content (AvgIpc) is 2.36. The zero-order valence-corrected chi connectivity index (χ0v) is 10.8. The van der Waals surface area contributed by atoms with Gasteiger partial charge in [-0.25, -0.2) is 4.79 Å². The van der Waals surface area contributed by atoms with Gasteiger partial charge in [-0.15, -0.1) is 0 Å². The number of hydrogen-bond acceptors (Lipinski definition) is 3. The van der Waals surface area contributed by atoms with Gasteiger partial charge >= 0.3 is 6.03 Å². The Bertz CT molecular complexity index is 449. The lowest BCUT2D eigenvalue weighted by molar-refractivity contribution is -0.117. The van der Waals surface area contributed by atoms with Crippen molar-refractivity contribution in [2.45, 2.75) is 25.8 Å². The van der Waals surface area contributed by atoms with Crippen LogP contribution in [-0.2, 0) is 11.2 Å². The summed E-state index contributed by atoms with van der Waals surface area (Å²) in [5, 5.41) is 13.8. The van der Waals surface area contributed by atoms with Gasteiger partial charge in [0, 0.05) is 12.3 Å². The SMILES string of the molecule is CC(NC(N)=O)C(=O)Nc1cccc(CCCO)c1. The molecule has 0 aromatic heterocycles. The van der Waals surface area contributed by atoms with Gasteiger partial charge in [0.25, 0.3) is 0 Å². The third-order valence-corrected chi connectivity index (χ3v) is 2.57. The molecule has 1 aromatic rings. The lowest BCUT2D eigenvalue weighted by Crippen LogP contribution is -2.44. The second-order valence-corrected chi connectivity index (χ2v) is 4.25. The Labute approximate surface area is 112 Å². The molecule has 1 aromatic carbocycles. The van der Waals surface area contributed by atoms with Crippen LogP contribution in [0, 0.1) is 0 Å². The molecule has 1 unspecified atom stereocenters. The predicted octanol–water partition coefficient (Wildman–Crippen LogP) is 0.607. The number of rotatable bonds is 6. The maximum atomic E-state index is 11.8. The van der Waals surface area contributed by atoms with Crippen molar-refractivity contribution >= 4 is 17.6 Å². The smallest absolute Gasteiger partial charge is 0.312 e. The van der Waals surface area contributed by atoms with E-state index in [4.69, 9.17) is 10.8 Å². The molecule has 0 saturated carbocycles. The number of carbonyl (C=O) groups excluding carboxylic acids is 2. The van der Waals surface area contributed by atoms with Crippen molar-refractivity contribution in [1.82, 2.24) is 5.32 Å². The third kappa shape index (κ3) is 5.39. The number of nitrogens with two attached hydrogens (primary N) is 1. The Kier molecular flexibility index (Phi) is 5.81. The van der Waals surface area contributed by atoms with Crippen LogP contribution in [0.1, 0.15) is 18.9 Å². The van der Waals surface area contributed by atoms with Crippen LogP contribution in [0.5, 0.6) is 0 Å². The van der Waals surface area contributed by atoms with Crippen molar-refractivity contribution in [2.75, 3.05) is 11.9 Å². The number of aryl methyl sites for hydroxylation is 1. The number of amides is 3. The summed E-state index contributed by atoms with van der Waals surface area (Å²) in [4.78, 5) is 22.4. The molecule has 0 fully saturated rings. The normalized spacial score (nSPS) is 11.7. The minimum Gasteiger partial charge on any atom is -0.396 e. The van der Waals surface area contributed by atoms with Crippen molar-refractivity contribution in [3.8, 4) is 0 Å². The second kappa shape index (κ2) is 7.38. The molecule has 0 aliphatic carbocycles. The van der Waals surface area contributed by atoms with E-state index in [1.807, 2.05) is 18.2 Å². The van der Waals surface area contributed by atoms with Crippen LogP contribution in [0.25, 0.3) is 0 Å². The highest BCUT2D eigenvalue weighted by Gasteiger charge is 2.13. The maximum Gasteiger partial charge on any atom is 0.312 e. The summed E-state index contributed by atoms with van der Waals surface area (Å²) in [6, 6.07) is 5.92. The standard InChI is InChI=1S/C13H19N3O3/c1-9(15-13(14)19)12(18)16-11-6-2-4-10(8-11)5-3-7-17/h2,4,6,8-9,17H,3,5,7H2,1H3,(H,16,18)(H3,14,15,19). The molecular weight excluding hydrogens is 246 g/mol. The van der Waals surface area contributed by atoms with E-state index in [2.05, 4.69) is 10.6 Å². The molecule has 104 valence electrons. The summed E-state index contributed by atoms with van der Waals surface area (Å²) >= 11 is 0. The number of benzene rings is 1. The molecule has 3 amide bonds. The molecule has 0 heterocycles. The van der Waals surface area contributed by atoms with Crippen LogP contribution in [0.4, 0.5) is 10.5 Å². The average molecular weight is 265 g/mol. The van der Waals surface area contributed by atoms with E-state index in [1.165, 1.54) is 0 Å². The number of hydrogen-bond donors (Lipinski definition) is 4. The highest BCUT2D eigenvalue weighted by atomic mass is 16.3. The summed E-state index contributed by atoms with van der Waals surface area (Å²) in [5.74, 6) is -0.335. The molecule has 0 saturated heterocycles. The Balaban J connectivity index is 2.61. The molecule has 6 nitrogen and oxygen atoms in total. The fourth-order valence-corrected chi connectivity index (χ4v) is 1.62. The number of primary amides is 1. The minimum absolute atomic E-state index is 0.135. The molecular formula is C13H19N3O3. The number of urea groups is 1. The number of aliphatic hydroxyl groups is 1. The molecule has 0 bridgehead atoms. The fraction of sp³-hybridized carbons (Fsp3) is 0.385. The molecule has 0 spiro atoms. The predicted molar refractivity (Wildman–Crippen MR) is 72.7 cm³/mol. The highest BCUT2D eigenvalue weighted by molar-refractivity contribution is 5.96. The van der Waals surface area contributed by atoms with Crippen LogP contribution in [-0.4, -0.2) is 29.7 Å². The van der Waals surface area contributed by atoms with Crippen LogP contribution < -0.4 is 16.4 Å². The van der Waals surface area contributed by atoms with Gasteiger partial charge in [0.15, 0.2) is 0 Å². The van der Waals surface area contributed by atoms with Gasteiger partial charge in [-0.05, 0) is 37.5 Å². The first-order valence-electron chi connectivity index (χ1n) is 6.09. The van der Waals surface area contributed by atoms with Crippen molar-refractivity contribution in [3.05, 3.63) is 29.8 Å². The van der Waals surface area contributed by atoms with Crippen LogP contribution >= 0.6 is 0 Å². The zero-order chi connectivity index (χ0) is 14.3. The summed E-state index contributed by atoms with van der Waals surface area (Å²) in [7, 11) is 0. The number of nitrogens with one attached hydrogen (secondary N) is 2. The lowest BCUT2D eigenvalue weighted by atomic mass is 10.1. The van der Waals surface area contributed by atoms with Gasteiger partial charge in [0.1, 0.15) is 6.04 Å². The number of carbonyl (C=O) groups is 2. The summed E-state index contributed by atoms with van der Waals surface area (Å²) in [6.07, 6.45) is 1.42. The van der Waals surface area contributed by atoms with Gasteiger partial charge in [-0.3, -0.25) is 4.79 Å². The Morgan fingerprint density at radius 2 is 2.16 bits per heavy atom. The number of anilines is 1. The minimum atomic E-state index is -0.737. The van der Waals surface area contributed by atoms with E-state index >= 15 is 0 Å². The van der Waals surface area contributed by atoms with Crippen molar-refractivity contribution in [3.63, 3.8) is 0 Å². The van der Waals surface area contributed by atoms with Gasteiger partial charge in [-0.2, -0.15) is 0 Å². The van der Waals surface area contributed by atoms with E-state index in [9.17, 15) is 9.59 Å². The molecule has 6 heteroatoms. The van der Waals surface area contributed by atoms with Crippen molar-refractivity contribution < 1.29 is 14.7 Å². The summed E-state index contributed by atoms with van der Waals surface area (Å²) in [6.45, 7) is 1.69. The molecule has 5 N–H and O–H groups in total. The quantitative estimate of drug-likeness (QED) is 0.605. The van der Waals surface area contributed by atoms with Crippen molar-refractivity contribution in [1.29, 1.82) is 0 Å². The van der Waals surface area contributed by atoms with Gasteiger partial charge in [-0.1, -0.05) is 12.1 Å². The summed E-state index contributed by atoms with van der Waals surface area (Å²) in [5.41, 5.74) is 6.63. The topological polar surface area (TPSA) is 104 Å². The highest BCUT2D eigenvalue weighted by Crippen LogP contribution is 2.12. The Morgan fingerprint density at radius 3 is 2.79 bits per heavy atom. The van der Waals surface area contributed by atoms with E-state index in [0.717, 1.165) is 12.0 Å². The summed E-state index contributed by atoms with van der Waals surface area (Å²) < 4.78 is 0. The van der Waals surface area contributed by atoms with Crippen LogP contribution in [0.2, 0.25) is 0 Å². The first-order chi connectivity index (χ1) is 9.02. The van der Waals surface area contributed by atoms with Gasteiger partial charge in [0.05, 0.1) is 0 Å². The molecule has 1 atom stereocenters. The van der Waals surface area contributed by atoms with E-state index < -0.39 is 12.1 Å².